The van der Waals surface area contributed by atoms with Crippen LogP contribution in [0.25, 0.3) is 0 Å². The van der Waals surface area contributed by atoms with E-state index in [2.05, 4.69) is 29.2 Å². The third-order valence-electron chi connectivity index (χ3n) is 3.93. The van der Waals surface area contributed by atoms with E-state index in [-0.39, 0.29) is 11.8 Å². The molecule has 0 saturated carbocycles. The first kappa shape index (κ1) is 15.5. The predicted octanol–water partition coefficient (Wildman–Crippen LogP) is 1.76. The zero-order chi connectivity index (χ0) is 14.4. The minimum Gasteiger partial charge on any atom is -0.299 e. The van der Waals surface area contributed by atoms with Crippen molar-refractivity contribution in [3.05, 3.63) is 35.9 Å². The molecule has 1 aliphatic heterocycles. The molecule has 0 amide bonds. The van der Waals surface area contributed by atoms with E-state index in [0.29, 0.717) is 0 Å². The van der Waals surface area contributed by atoms with Gasteiger partial charge in [-0.05, 0) is 44.3 Å². The Balaban J connectivity index is 1.83. The Morgan fingerprint density at radius 2 is 1.95 bits per heavy atom. The molecule has 2 N–H and O–H groups in total. The van der Waals surface area contributed by atoms with E-state index in [1.807, 2.05) is 6.07 Å². The molecule has 5 heteroatoms. The normalized spacial score (nSPS) is 20.9. The molecule has 20 heavy (non-hydrogen) atoms. The number of primary sulfonamides is 1. The van der Waals surface area contributed by atoms with E-state index < -0.39 is 10.0 Å². The van der Waals surface area contributed by atoms with Crippen LogP contribution in [0, 0.1) is 0 Å². The van der Waals surface area contributed by atoms with Gasteiger partial charge in [-0.3, -0.25) is 4.90 Å². The summed E-state index contributed by atoms with van der Waals surface area (Å²) in [6, 6.07) is 10.5. The molecule has 1 heterocycles. The monoisotopic (exact) mass is 296 g/mol. The zero-order valence-electron chi connectivity index (χ0n) is 11.9. The van der Waals surface area contributed by atoms with Crippen molar-refractivity contribution < 1.29 is 8.42 Å². The van der Waals surface area contributed by atoms with Crippen molar-refractivity contribution in [1.82, 2.24) is 4.90 Å². The standard InChI is InChI=1S/C15H24N2O2S/c16-20(18,19)13-15-10-4-5-11-17(15)12-6-9-14-7-2-1-3-8-14/h1-3,7-8,15H,4-6,9-13H2,(H2,16,18,19). The molecule has 0 spiro atoms. The van der Waals surface area contributed by atoms with Crippen LogP contribution in [-0.2, 0) is 16.4 Å². The number of aryl methyl sites for hydroxylation is 1. The highest BCUT2D eigenvalue weighted by atomic mass is 32.2. The van der Waals surface area contributed by atoms with Gasteiger partial charge in [-0.25, -0.2) is 13.6 Å². The van der Waals surface area contributed by atoms with E-state index in [4.69, 9.17) is 5.14 Å². The highest BCUT2D eigenvalue weighted by molar-refractivity contribution is 7.89. The molecular weight excluding hydrogens is 272 g/mol. The molecule has 112 valence electrons. The lowest BCUT2D eigenvalue weighted by atomic mass is 10.0. The van der Waals surface area contributed by atoms with Gasteiger partial charge in [0.05, 0.1) is 5.75 Å². The largest absolute Gasteiger partial charge is 0.299 e. The van der Waals surface area contributed by atoms with Crippen LogP contribution in [0.15, 0.2) is 30.3 Å². The Kier molecular flexibility index (Phi) is 5.57. The van der Waals surface area contributed by atoms with E-state index in [1.54, 1.807) is 0 Å². The molecule has 0 radical (unpaired) electrons. The molecule has 1 atom stereocenters. The van der Waals surface area contributed by atoms with Crippen molar-refractivity contribution in [1.29, 1.82) is 0 Å². The molecule has 1 aromatic carbocycles. The molecule has 4 nitrogen and oxygen atoms in total. The van der Waals surface area contributed by atoms with Gasteiger partial charge < -0.3 is 0 Å². The highest BCUT2D eigenvalue weighted by Gasteiger charge is 2.25. The van der Waals surface area contributed by atoms with E-state index >= 15 is 0 Å². The van der Waals surface area contributed by atoms with Crippen LogP contribution in [0.3, 0.4) is 0 Å². The fraction of sp³-hybridized carbons (Fsp3) is 0.600. The maximum Gasteiger partial charge on any atom is 0.210 e. The van der Waals surface area contributed by atoms with Crippen LogP contribution >= 0.6 is 0 Å². The van der Waals surface area contributed by atoms with Gasteiger partial charge in [-0.1, -0.05) is 36.8 Å². The summed E-state index contributed by atoms with van der Waals surface area (Å²) in [5, 5.41) is 5.19. The second-order valence-corrected chi connectivity index (χ2v) is 7.26. The lowest BCUT2D eigenvalue weighted by Gasteiger charge is -2.35. The average Bonchev–Trinajstić information content (AvgIpc) is 2.40. The van der Waals surface area contributed by atoms with Crippen molar-refractivity contribution >= 4 is 10.0 Å². The third kappa shape index (κ3) is 5.23. The zero-order valence-corrected chi connectivity index (χ0v) is 12.7. The number of rotatable bonds is 6. The Morgan fingerprint density at radius 3 is 2.65 bits per heavy atom. The number of piperidine rings is 1. The van der Waals surface area contributed by atoms with Gasteiger partial charge in [0.1, 0.15) is 0 Å². The smallest absolute Gasteiger partial charge is 0.210 e. The topological polar surface area (TPSA) is 63.4 Å². The van der Waals surface area contributed by atoms with Crippen LogP contribution in [-0.4, -0.2) is 38.2 Å². The average molecular weight is 296 g/mol. The summed E-state index contributed by atoms with van der Waals surface area (Å²) >= 11 is 0. The van der Waals surface area contributed by atoms with Crippen molar-refractivity contribution in [2.24, 2.45) is 5.14 Å². The van der Waals surface area contributed by atoms with E-state index in [0.717, 1.165) is 45.2 Å². The predicted molar refractivity (Wildman–Crippen MR) is 81.9 cm³/mol. The number of nitrogens with two attached hydrogens (primary N) is 1. The summed E-state index contributed by atoms with van der Waals surface area (Å²) in [5.74, 6) is 0.0956. The van der Waals surface area contributed by atoms with Gasteiger partial charge >= 0.3 is 0 Å². The second-order valence-electron chi connectivity index (χ2n) is 5.60. The molecule has 1 unspecified atom stereocenters. The molecule has 0 bridgehead atoms. The van der Waals surface area contributed by atoms with E-state index in [1.165, 1.54) is 5.56 Å². The van der Waals surface area contributed by atoms with Gasteiger partial charge in [0.15, 0.2) is 0 Å². The summed E-state index contributed by atoms with van der Waals surface area (Å²) in [5.41, 5.74) is 1.34. The number of hydrogen-bond acceptors (Lipinski definition) is 3. The molecular formula is C15H24N2O2S. The van der Waals surface area contributed by atoms with Crippen molar-refractivity contribution in [3.8, 4) is 0 Å². The first-order valence-electron chi connectivity index (χ1n) is 7.33. The first-order chi connectivity index (χ1) is 9.54. The van der Waals surface area contributed by atoms with Crippen molar-refractivity contribution in [2.75, 3.05) is 18.8 Å². The number of likely N-dealkylation sites (tertiary alicyclic amines) is 1. The molecule has 0 aliphatic carbocycles. The summed E-state index contributed by atoms with van der Waals surface area (Å²) in [6.45, 7) is 1.95. The minimum atomic E-state index is -3.38. The molecule has 1 aromatic rings. The van der Waals surface area contributed by atoms with Crippen LogP contribution < -0.4 is 5.14 Å². The lowest BCUT2D eigenvalue weighted by molar-refractivity contribution is 0.161. The molecule has 1 aliphatic rings. The maximum absolute atomic E-state index is 11.3. The number of hydrogen-bond donors (Lipinski definition) is 1. The minimum absolute atomic E-state index is 0.0956. The third-order valence-corrected chi connectivity index (χ3v) is 4.78. The first-order valence-corrected chi connectivity index (χ1v) is 9.04. The summed E-state index contributed by atoms with van der Waals surface area (Å²) in [4.78, 5) is 2.30. The van der Waals surface area contributed by atoms with Crippen molar-refractivity contribution in [3.63, 3.8) is 0 Å². The molecule has 1 fully saturated rings. The molecule has 2 rings (SSSR count). The van der Waals surface area contributed by atoms with Crippen LogP contribution in [0.5, 0.6) is 0 Å². The summed E-state index contributed by atoms with van der Waals surface area (Å²) in [6.07, 6.45) is 5.31. The second kappa shape index (κ2) is 7.20. The number of benzene rings is 1. The maximum atomic E-state index is 11.3. The summed E-state index contributed by atoms with van der Waals surface area (Å²) in [7, 11) is -3.38. The van der Waals surface area contributed by atoms with Crippen LogP contribution in [0.1, 0.15) is 31.2 Å². The van der Waals surface area contributed by atoms with Crippen LogP contribution in [0.2, 0.25) is 0 Å². The van der Waals surface area contributed by atoms with Crippen LogP contribution in [0.4, 0.5) is 0 Å². The Hall–Kier alpha value is -0.910. The Bertz CT molecular complexity index is 502. The highest BCUT2D eigenvalue weighted by Crippen LogP contribution is 2.18. The van der Waals surface area contributed by atoms with Gasteiger partial charge in [0.2, 0.25) is 10.0 Å². The number of sulfonamides is 1. The lowest BCUT2D eigenvalue weighted by Crippen LogP contribution is -2.45. The Labute approximate surface area is 122 Å². The van der Waals surface area contributed by atoms with E-state index in [9.17, 15) is 8.42 Å². The molecule has 0 aromatic heterocycles. The van der Waals surface area contributed by atoms with Gasteiger partial charge in [0, 0.05) is 6.04 Å². The quantitative estimate of drug-likeness (QED) is 0.870. The fourth-order valence-corrected chi connectivity index (χ4v) is 3.86. The number of nitrogens with zero attached hydrogens (tertiary/aromatic N) is 1. The van der Waals surface area contributed by atoms with Gasteiger partial charge in [0.25, 0.3) is 0 Å². The SMILES string of the molecule is NS(=O)(=O)CC1CCCCN1CCCc1ccccc1. The molecule has 1 saturated heterocycles. The Morgan fingerprint density at radius 1 is 1.20 bits per heavy atom. The summed E-state index contributed by atoms with van der Waals surface area (Å²) < 4.78 is 22.6. The van der Waals surface area contributed by atoms with Gasteiger partial charge in [-0.2, -0.15) is 0 Å². The van der Waals surface area contributed by atoms with Gasteiger partial charge in [-0.15, -0.1) is 0 Å². The fourth-order valence-electron chi connectivity index (χ4n) is 2.94. The van der Waals surface area contributed by atoms with Crippen molar-refractivity contribution in [2.45, 2.75) is 38.1 Å².